The topological polar surface area (TPSA) is 109 Å². The van der Waals surface area contributed by atoms with Crippen molar-refractivity contribution in [3.63, 3.8) is 0 Å². The fourth-order valence-electron chi connectivity index (χ4n) is 2.72. The predicted octanol–water partition coefficient (Wildman–Crippen LogP) is 0.974. The predicted molar refractivity (Wildman–Crippen MR) is 101 cm³/mol. The summed E-state index contributed by atoms with van der Waals surface area (Å²) in [6, 6.07) is 13.0. The maximum Gasteiger partial charge on any atom is 0.259 e. The highest BCUT2D eigenvalue weighted by atomic mass is 16.5. The van der Waals surface area contributed by atoms with Crippen molar-refractivity contribution in [2.45, 2.75) is 6.04 Å². The van der Waals surface area contributed by atoms with E-state index in [1.54, 1.807) is 48.5 Å². The van der Waals surface area contributed by atoms with E-state index < -0.39 is 6.04 Å². The monoisotopic (exact) mass is 368 g/mol. The highest BCUT2D eigenvalue weighted by Crippen LogP contribution is 2.21. The number of carbonyl (C=O) groups excluding carboxylic acids is 3. The van der Waals surface area contributed by atoms with E-state index in [0.717, 1.165) is 0 Å². The molecule has 4 N–H and O–H groups in total. The number of benzene rings is 2. The molecule has 1 atom stereocenters. The van der Waals surface area contributed by atoms with Gasteiger partial charge in [-0.3, -0.25) is 14.4 Å². The van der Waals surface area contributed by atoms with Crippen molar-refractivity contribution in [1.29, 1.82) is 0 Å². The number of carbonyl (C=O) groups is 3. The standard InChI is InChI=1S/C19H20N4O4/c1-27-16-8-3-2-7-14(16)18(25)21-12-5-4-6-13(9-12)22-19(26)15-10-20-11-17(24)23-15/h2-9,15,20H,10-11H2,1H3,(H,21,25)(H,22,26)(H,23,24). The Hall–Kier alpha value is -3.39. The molecule has 3 amide bonds. The molecule has 0 spiro atoms. The summed E-state index contributed by atoms with van der Waals surface area (Å²) in [5.74, 6) is -0.400. The number of hydrogen-bond acceptors (Lipinski definition) is 5. The molecule has 0 aliphatic carbocycles. The van der Waals surface area contributed by atoms with E-state index in [4.69, 9.17) is 4.74 Å². The lowest BCUT2D eigenvalue weighted by Gasteiger charge is -2.23. The van der Waals surface area contributed by atoms with Crippen LogP contribution in [0, 0.1) is 0 Å². The lowest BCUT2D eigenvalue weighted by atomic mass is 10.1. The van der Waals surface area contributed by atoms with Crippen LogP contribution in [0.3, 0.4) is 0 Å². The smallest absolute Gasteiger partial charge is 0.259 e. The van der Waals surface area contributed by atoms with Gasteiger partial charge >= 0.3 is 0 Å². The zero-order chi connectivity index (χ0) is 19.2. The summed E-state index contributed by atoms with van der Waals surface area (Å²) in [5.41, 5.74) is 1.44. The van der Waals surface area contributed by atoms with Crippen LogP contribution in [0.4, 0.5) is 11.4 Å². The van der Waals surface area contributed by atoms with Crippen LogP contribution in [0.5, 0.6) is 5.75 Å². The van der Waals surface area contributed by atoms with Gasteiger partial charge in [0.2, 0.25) is 11.8 Å². The first kappa shape index (κ1) is 18.4. The number of nitrogens with one attached hydrogen (secondary N) is 4. The van der Waals surface area contributed by atoms with E-state index in [0.29, 0.717) is 29.2 Å². The SMILES string of the molecule is COc1ccccc1C(=O)Nc1cccc(NC(=O)C2CNCC(=O)N2)c1. The lowest BCUT2D eigenvalue weighted by molar-refractivity contribution is -0.127. The molecule has 0 aromatic heterocycles. The Morgan fingerprint density at radius 3 is 2.56 bits per heavy atom. The molecule has 0 saturated carbocycles. The van der Waals surface area contributed by atoms with Gasteiger partial charge in [-0.05, 0) is 30.3 Å². The first-order valence-electron chi connectivity index (χ1n) is 8.42. The van der Waals surface area contributed by atoms with Gasteiger partial charge in [0.1, 0.15) is 11.8 Å². The first-order valence-corrected chi connectivity index (χ1v) is 8.42. The number of piperazine rings is 1. The summed E-state index contributed by atoms with van der Waals surface area (Å²) >= 11 is 0. The average molecular weight is 368 g/mol. The summed E-state index contributed by atoms with van der Waals surface area (Å²) < 4.78 is 5.20. The van der Waals surface area contributed by atoms with Crippen LogP contribution in [0.2, 0.25) is 0 Å². The molecule has 2 aromatic carbocycles. The number of ether oxygens (including phenoxy) is 1. The second-order valence-corrected chi connectivity index (χ2v) is 5.98. The molecular weight excluding hydrogens is 348 g/mol. The molecule has 1 fully saturated rings. The highest BCUT2D eigenvalue weighted by molar-refractivity contribution is 6.06. The summed E-state index contributed by atoms with van der Waals surface area (Å²) in [6.45, 7) is 0.566. The minimum absolute atomic E-state index is 0.203. The van der Waals surface area contributed by atoms with E-state index in [-0.39, 0.29) is 24.3 Å². The normalized spacial score (nSPS) is 16.2. The van der Waals surface area contributed by atoms with Crippen LogP contribution >= 0.6 is 0 Å². The Labute approximate surface area is 156 Å². The second kappa shape index (κ2) is 8.33. The molecule has 1 aliphatic rings. The molecule has 140 valence electrons. The summed E-state index contributed by atoms with van der Waals surface area (Å²) in [7, 11) is 1.50. The highest BCUT2D eigenvalue weighted by Gasteiger charge is 2.24. The van der Waals surface area contributed by atoms with Crippen molar-refractivity contribution in [3.8, 4) is 5.75 Å². The summed E-state index contributed by atoms with van der Waals surface area (Å²) in [4.78, 5) is 36.1. The molecule has 2 aromatic rings. The van der Waals surface area contributed by atoms with Gasteiger partial charge in [-0.1, -0.05) is 18.2 Å². The molecule has 1 unspecified atom stereocenters. The number of anilines is 2. The van der Waals surface area contributed by atoms with Crippen LogP contribution < -0.4 is 26.0 Å². The Morgan fingerprint density at radius 1 is 1.07 bits per heavy atom. The molecule has 0 radical (unpaired) electrons. The van der Waals surface area contributed by atoms with Gasteiger partial charge in [-0.15, -0.1) is 0 Å². The number of methoxy groups -OCH3 is 1. The van der Waals surface area contributed by atoms with Crippen molar-refractivity contribution in [1.82, 2.24) is 10.6 Å². The average Bonchev–Trinajstić information content (AvgIpc) is 2.68. The second-order valence-electron chi connectivity index (χ2n) is 5.98. The quantitative estimate of drug-likeness (QED) is 0.629. The van der Waals surface area contributed by atoms with E-state index in [1.165, 1.54) is 7.11 Å². The van der Waals surface area contributed by atoms with Gasteiger partial charge in [0, 0.05) is 17.9 Å². The number of rotatable bonds is 5. The summed E-state index contributed by atoms with van der Waals surface area (Å²) in [5, 5.41) is 11.0. The lowest BCUT2D eigenvalue weighted by Crippen LogP contribution is -2.57. The van der Waals surface area contributed by atoms with E-state index in [9.17, 15) is 14.4 Å². The molecule has 0 bridgehead atoms. The van der Waals surface area contributed by atoms with Crippen LogP contribution in [-0.2, 0) is 9.59 Å². The molecule has 1 aliphatic heterocycles. The Bertz CT molecular complexity index is 868. The third kappa shape index (κ3) is 4.62. The molecule has 8 heteroatoms. The van der Waals surface area contributed by atoms with E-state index in [2.05, 4.69) is 21.3 Å². The fourth-order valence-corrected chi connectivity index (χ4v) is 2.72. The van der Waals surface area contributed by atoms with Crippen LogP contribution in [0.1, 0.15) is 10.4 Å². The van der Waals surface area contributed by atoms with Crippen LogP contribution in [0.15, 0.2) is 48.5 Å². The Balaban J connectivity index is 1.67. The van der Waals surface area contributed by atoms with Crippen molar-refractivity contribution in [2.75, 3.05) is 30.8 Å². The minimum Gasteiger partial charge on any atom is -0.496 e. The molecular formula is C19H20N4O4. The van der Waals surface area contributed by atoms with Gasteiger partial charge < -0.3 is 26.0 Å². The van der Waals surface area contributed by atoms with Crippen LogP contribution in [-0.4, -0.2) is 44.0 Å². The van der Waals surface area contributed by atoms with Gasteiger partial charge in [0.05, 0.1) is 19.2 Å². The first-order chi connectivity index (χ1) is 13.1. The number of para-hydroxylation sites is 1. The number of hydrogen-bond donors (Lipinski definition) is 4. The minimum atomic E-state index is -0.641. The Kier molecular flexibility index (Phi) is 5.68. The van der Waals surface area contributed by atoms with Crippen molar-refractivity contribution in [3.05, 3.63) is 54.1 Å². The molecule has 27 heavy (non-hydrogen) atoms. The van der Waals surface area contributed by atoms with Crippen molar-refractivity contribution >= 4 is 29.1 Å². The third-order valence-electron chi connectivity index (χ3n) is 4.03. The van der Waals surface area contributed by atoms with Crippen molar-refractivity contribution < 1.29 is 19.1 Å². The molecule has 1 saturated heterocycles. The maximum absolute atomic E-state index is 12.5. The Morgan fingerprint density at radius 2 is 1.81 bits per heavy atom. The zero-order valence-corrected chi connectivity index (χ0v) is 14.7. The molecule has 3 rings (SSSR count). The summed E-state index contributed by atoms with van der Waals surface area (Å²) in [6.07, 6.45) is 0. The number of amides is 3. The largest absolute Gasteiger partial charge is 0.496 e. The van der Waals surface area contributed by atoms with E-state index >= 15 is 0 Å². The van der Waals surface area contributed by atoms with Gasteiger partial charge in [-0.25, -0.2) is 0 Å². The molecule has 8 nitrogen and oxygen atoms in total. The van der Waals surface area contributed by atoms with E-state index in [1.807, 2.05) is 0 Å². The third-order valence-corrected chi connectivity index (χ3v) is 4.03. The molecule has 1 heterocycles. The van der Waals surface area contributed by atoms with Gasteiger partial charge in [-0.2, -0.15) is 0 Å². The zero-order valence-electron chi connectivity index (χ0n) is 14.7. The maximum atomic E-state index is 12.5. The van der Waals surface area contributed by atoms with Gasteiger partial charge in [0.15, 0.2) is 0 Å². The van der Waals surface area contributed by atoms with Gasteiger partial charge in [0.25, 0.3) is 5.91 Å². The van der Waals surface area contributed by atoms with Crippen LogP contribution in [0.25, 0.3) is 0 Å². The fraction of sp³-hybridized carbons (Fsp3) is 0.211. The van der Waals surface area contributed by atoms with Crippen molar-refractivity contribution in [2.24, 2.45) is 0 Å².